The van der Waals surface area contributed by atoms with Gasteiger partial charge in [0.2, 0.25) is 0 Å². The van der Waals surface area contributed by atoms with E-state index in [-0.39, 0.29) is 11.5 Å². The van der Waals surface area contributed by atoms with Gasteiger partial charge >= 0.3 is 0 Å². The van der Waals surface area contributed by atoms with Crippen molar-refractivity contribution < 1.29 is 9.90 Å². The smallest absolute Gasteiger partial charge is 0.166 e. The summed E-state index contributed by atoms with van der Waals surface area (Å²) < 4.78 is 0. The van der Waals surface area contributed by atoms with Crippen molar-refractivity contribution in [2.45, 2.75) is 71.1 Å². The van der Waals surface area contributed by atoms with E-state index in [2.05, 4.69) is 6.92 Å². The molecule has 0 aromatic heterocycles. The second kappa shape index (κ2) is 10.1. The zero-order valence-electron chi connectivity index (χ0n) is 14.9. The number of Topliss-reactive ketones (excluding diaryl/α,β-unsaturated/α-hetero) is 1. The summed E-state index contributed by atoms with van der Waals surface area (Å²) in [5, 5.41) is 12.1. The van der Waals surface area contributed by atoms with E-state index in [9.17, 15) is 9.90 Å². The van der Waals surface area contributed by atoms with Crippen molar-refractivity contribution in [3.8, 4) is 5.75 Å². The second-order valence-electron chi connectivity index (χ2n) is 6.68. The molecule has 0 unspecified atom stereocenters. The fraction of sp³-hybridized carbons (Fsp3) is 0.500. The Morgan fingerprint density at radius 2 is 1.46 bits per heavy atom. The maximum absolute atomic E-state index is 12.4. The van der Waals surface area contributed by atoms with Crippen LogP contribution in [0.25, 0.3) is 10.8 Å². The highest BCUT2D eigenvalue weighted by Gasteiger charge is 2.13. The maximum atomic E-state index is 12.4. The number of benzene rings is 2. The fourth-order valence-corrected chi connectivity index (χ4v) is 3.21. The van der Waals surface area contributed by atoms with Gasteiger partial charge in [-0.05, 0) is 17.9 Å². The van der Waals surface area contributed by atoms with Crippen molar-refractivity contribution in [1.29, 1.82) is 0 Å². The predicted octanol–water partition coefficient (Wildman–Crippen LogP) is 6.65. The van der Waals surface area contributed by atoms with Gasteiger partial charge in [-0.15, -0.1) is 0 Å². The number of carbonyl (C=O) groups is 1. The van der Waals surface area contributed by atoms with E-state index >= 15 is 0 Å². The molecule has 0 atom stereocenters. The Kier molecular flexibility index (Phi) is 7.81. The Labute approximate surface area is 145 Å². The molecule has 0 heterocycles. The standard InChI is InChI=1S/C22H30O2/c1-2-3-4-5-6-7-8-9-10-15-21(23)20-17-16-18-13-11-12-14-19(18)22(20)24/h11-14,16-17,24H,2-10,15H2,1H3. The number of hydrogen-bond donors (Lipinski definition) is 1. The summed E-state index contributed by atoms with van der Waals surface area (Å²) in [6, 6.07) is 11.3. The SMILES string of the molecule is CCCCCCCCCCCC(=O)c1ccc2ccccc2c1O. The van der Waals surface area contributed by atoms with Gasteiger partial charge in [-0.3, -0.25) is 4.79 Å². The lowest BCUT2D eigenvalue weighted by atomic mass is 9.99. The molecule has 2 rings (SSSR count). The average molecular weight is 326 g/mol. The summed E-state index contributed by atoms with van der Waals surface area (Å²) in [6.07, 6.45) is 11.7. The monoisotopic (exact) mass is 326 g/mol. The van der Waals surface area contributed by atoms with E-state index in [0.29, 0.717) is 12.0 Å². The minimum atomic E-state index is 0.0567. The third kappa shape index (κ3) is 5.36. The quantitative estimate of drug-likeness (QED) is 0.371. The minimum absolute atomic E-state index is 0.0567. The lowest BCUT2D eigenvalue weighted by molar-refractivity contribution is 0.0976. The predicted molar refractivity (Wildman–Crippen MR) is 102 cm³/mol. The van der Waals surface area contributed by atoms with Crippen LogP contribution >= 0.6 is 0 Å². The number of phenolic OH excluding ortho intramolecular Hbond substituents is 1. The van der Waals surface area contributed by atoms with Gasteiger partial charge in [0.05, 0.1) is 5.56 Å². The van der Waals surface area contributed by atoms with Crippen LogP contribution in [-0.2, 0) is 0 Å². The van der Waals surface area contributed by atoms with E-state index in [0.717, 1.165) is 23.6 Å². The molecule has 2 aromatic rings. The number of rotatable bonds is 11. The van der Waals surface area contributed by atoms with Gasteiger partial charge in [-0.2, -0.15) is 0 Å². The van der Waals surface area contributed by atoms with Gasteiger partial charge in [-0.1, -0.05) is 88.6 Å². The third-order valence-electron chi connectivity index (χ3n) is 4.71. The molecule has 2 aromatic carbocycles. The summed E-state index contributed by atoms with van der Waals surface area (Å²) in [5.41, 5.74) is 0.466. The van der Waals surface area contributed by atoms with E-state index in [4.69, 9.17) is 0 Å². The number of hydrogen-bond acceptors (Lipinski definition) is 2. The first kappa shape index (κ1) is 18.5. The molecule has 0 bridgehead atoms. The van der Waals surface area contributed by atoms with Crippen molar-refractivity contribution in [3.05, 3.63) is 42.0 Å². The maximum Gasteiger partial charge on any atom is 0.166 e. The Morgan fingerprint density at radius 3 is 2.17 bits per heavy atom. The van der Waals surface area contributed by atoms with Gasteiger partial charge < -0.3 is 5.11 Å². The Hall–Kier alpha value is -1.83. The molecule has 0 aliphatic carbocycles. The van der Waals surface area contributed by atoms with Crippen LogP contribution < -0.4 is 0 Å². The summed E-state index contributed by atoms with van der Waals surface area (Å²) in [4.78, 5) is 12.4. The molecule has 0 radical (unpaired) electrons. The number of fused-ring (bicyclic) bond motifs is 1. The van der Waals surface area contributed by atoms with E-state index in [1.165, 1.54) is 44.9 Å². The van der Waals surface area contributed by atoms with E-state index < -0.39 is 0 Å². The van der Waals surface area contributed by atoms with Crippen molar-refractivity contribution in [1.82, 2.24) is 0 Å². The molecular formula is C22H30O2. The van der Waals surface area contributed by atoms with Crippen LogP contribution in [0.1, 0.15) is 81.5 Å². The average Bonchev–Trinajstić information content (AvgIpc) is 2.60. The van der Waals surface area contributed by atoms with Gasteiger partial charge in [0.15, 0.2) is 5.78 Å². The zero-order chi connectivity index (χ0) is 17.2. The fourth-order valence-electron chi connectivity index (χ4n) is 3.21. The highest BCUT2D eigenvalue weighted by Crippen LogP contribution is 2.29. The minimum Gasteiger partial charge on any atom is -0.507 e. The van der Waals surface area contributed by atoms with E-state index in [1.54, 1.807) is 6.07 Å². The summed E-state index contributed by atoms with van der Waals surface area (Å²) >= 11 is 0. The normalized spacial score (nSPS) is 11.0. The first-order valence-corrected chi connectivity index (χ1v) is 9.48. The van der Waals surface area contributed by atoms with Crippen LogP contribution in [0.4, 0.5) is 0 Å². The highest BCUT2D eigenvalue weighted by molar-refractivity contribution is 6.04. The summed E-state index contributed by atoms with van der Waals surface area (Å²) in [6.45, 7) is 2.24. The van der Waals surface area contributed by atoms with Gasteiger partial charge in [0, 0.05) is 11.8 Å². The molecule has 24 heavy (non-hydrogen) atoms. The Morgan fingerprint density at radius 1 is 0.833 bits per heavy atom. The summed E-state index contributed by atoms with van der Waals surface area (Å²) in [5.74, 6) is 0.190. The molecule has 130 valence electrons. The zero-order valence-corrected chi connectivity index (χ0v) is 14.9. The Balaban J connectivity index is 1.72. The third-order valence-corrected chi connectivity index (χ3v) is 4.71. The van der Waals surface area contributed by atoms with Gasteiger partial charge in [-0.25, -0.2) is 0 Å². The van der Waals surface area contributed by atoms with Gasteiger partial charge in [0.25, 0.3) is 0 Å². The topological polar surface area (TPSA) is 37.3 Å². The lowest BCUT2D eigenvalue weighted by Gasteiger charge is -2.07. The van der Waals surface area contributed by atoms with Crippen LogP contribution in [0.3, 0.4) is 0 Å². The lowest BCUT2D eigenvalue weighted by Crippen LogP contribution is -1.99. The van der Waals surface area contributed by atoms with Crippen molar-refractivity contribution in [2.75, 3.05) is 0 Å². The van der Waals surface area contributed by atoms with Crippen molar-refractivity contribution in [3.63, 3.8) is 0 Å². The molecule has 0 saturated heterocycles. The number of aromatic hydroxyl groups is 1. The second-order valence-corrected chi connectivity index (χ2v) is 6.68. The molecule has 1 N–H and O–H groups in total. The van der Waals surface area contributed by atoms with Crippen LogP contribution in [0, 0.1) is 0 Å². The molecule has 2 nitrogen and oxygen atoms in total. The molecule has 0 aliphatic heterocycles. The molecule has 0 aliphatic rings. The van der Waals surface area contributed by atoms with Crippen molar-refractivity contribution >= 4 is 16.6 Å². The largest absolute Gasteiger partial charge is 0.507 e. The molecule has 0 spiro atoms. The number of carbonyl (C=O) groups excluding carboxylic acids is 1. The first-order valence-electron chi connectivity index (χ1n) is 9.48. The molecule has 0 amide bonds. The first-order chi connectivity index (χ1) is 11.7. The van der Waals surface area contributed by atoms with Gasteiger partial charge in [0.1, 0.15) is 5.75 Å². The summed E-state index contributed by atoms with van der Waals surface area (Å²) in [7, 11) is 0. The van der Waals surface area contributed by atoms with Crippen LogP contribution in [0.5, 0.6) is 5.75 Å². The van der Waals surface area contributed by atoms with Crippen LogP contribution in [0.15, 0.2) is 36.4 Å². The molecule has 2 heteroatoms. The number of phenols is 1. The number of unbranched alkanes of at least 4 members (excludes halogenated alkanes) is 8. The van der Waals surface area contributed by atoms with E-state index in [1.807, 2.05) is 30.3 Å². The highest BCUT2D eigenvalue weighted by atomic mass is 16.3. The Bertz CT molecular complexity index is 645. The van der Waals surface area contributed by atoms with Crippen molar-refractivity contribution in [2.24, 2.45) is 0 Å². The van der Waals surface area contributed by atoms with Crippen LogP contribution in [-0.4, -0.2) is 10.9 Å². The molecule has 0 fully saturated rings. The number of ketones is 1. The molecular weight excluding hydrogens is 296 g/mol. The molecule has 0 saturated carbocycles. The van der Waals surface area contributed by atoms with Crippen LogP contribution in [0.2, 0.25) is 0 Å².